The minimum Gasteiger partial charge on any atom is -0.369 e. The van der Waals surface area contributed by atoms with Crippen molar-refractivity contribution in [3.63, 3.8) is 0 Å². The van der Waals surface area contributed by atoms with Gasteiger partial charge >= 0.3 is 6.18 Å². The van der Waals surface area contributed by atoms with Crippen LogP contribution in [0.2, 0.25) is 0 Å². The van der Waals surface area contributed by atoms with E-state index in [0.717, 1.165) is 10.5 Å². The lowest BCUT2D eigenvalue weighted by Crippen LogP contribution is -2.18. The van der Waals surface area contributed by atoms with Gasteiger partial charge in [-0.25, -0.2) is 4.98 Å². The largest absolute Gasteiger partial charge is 0.419 e. The molecule has 122 valence electrons. The molecule has 0 atom stereocenters. The number of anilines is 2. The molecule has 0 radical (unpaired) electrons. The Morgan fingerprint density at radius 3 is 2.52 bits per heavy atom. The lowest BCUT2D eigenvalue weighted by molar-refractivity contribution is -0.137. The fourth-order valence-electron chi connectivity index (χ4n) is 1.83. The second-order valence-corrected chi connectivity index (χ2v) is 5.54. The van der Waals surface area contributed by atoms with Gasteiger partial charge in [0.25, 0.3) is 0 Å². The van der Waals surface area contributed by atoms with Gasteiger partial charge in [-0.3, -0.25) is 4.79 Å². The zero-order valence-electron chi connectivity index (χ0n) is 11.8. The first-order valence-corrected chi connectivity index (χ1v) is 7.47. The Morgan fingerprint density at radius 2 is 1.87 bits per heavy atom. The number of nitrogens with one attached hydrogen (secondary N) is 2. The Balaban J connectivity index is 1.88. The smallest absolute Gasteiger partial charge is 0.369 e. The number of rotatable bonds is 5. The first-order chi connectivity index (χ1) is 10.9. The van der Waals surface area contributed by atoms with Crippen LogP contribution in [0.5, 0.6) is 0 Å². The van der Waals surface area contributed by atoms with Crippen molar-refractivity contribution in [2.24, 2.45) is 0 Å². The summed E-state index contributed by atoms with van der Waals surface area (Å²) in [5.41, 5.74) is -0.236. The summed E-state index contributed by atoms with van der Waals surface area (Å²) >= 11 is 3.28. The van der Waals surface area contributed by atoms with E-state index >= 15 is 0 Å². The molecule has 0 saturated carbocycles. The predicted octanol–water partition coefficient (Wildman–Crippen LogP) is 4.30. The maximum absolute atomic E-state index is 12.8. The third-order valence-electron chi connectivity index (χ3n) is 2.89. The lowest BCUT2D eigenvalue weighted by atomic mass is 10.2. The number of carbonyl (C=O) groups excluding carboxylic acids is 1. The van der Waals surface area contributed by atoms with Crippen molar-refractivity contribution in [3.8, 4) is 0 Å². The molecule has 23 heavy (non-hydrogen) atoms. The first kappa shape index (κ1) is 17.3. The number of halogens is 4. The number of aromatic nitrogens is 1. The van der Waals surface area contributed by atoms with Crippen LogP contribution in [0.25, 0.3) is 0 Å². The second-order valence-electron chi connectivity index (χ2n) is 4.63. The van der Waals surface area contributed by atoms with Gasteiger partial charge in [-0.15, -0.1) is 0 Å². The van der Waals surface area contributed by atoms with Gasteiger partial charge in [0.05, 0.1) is 5.56 Å². The number of amides is 1. The van der Waals surface area contributed by atoms with Crippen LogP contribution in [0.4, 0.5) is 24.7 Å². The van der Waals surface area contributed by atoms with Gasteiger partial charge in [-0.1, -0.05) is 15.9 Å². The van der Waals surface area contributed by atoms with Crippen LogP contribution in [-0.2, 0) is 11.0 Å². The number of pyridine rings is 1. The number of benzene rings is 1. The van der Waals surface area contributed by atoms with E-state index in [0.29, 0.717) is 5.69 Å². The van der Waals surface area contributed by atoms with Crippen LogP contribution in [0.15, 0.2) is 47.1 Å². The molecule has 1 aromatic heterocycles. The Hall–Kier alpha value is -2.09. The van der Waals surface area contributed by atoms with E-state index in [2.05, 4.69) is 31.5 Å². The minimum absolute atomic E-state index is 0.0178. The van der Waals surface area contributed by atoms with E-state index in [4.69, 9.17) is 0 Å². The molecular weight excluding hydrogens is 375 g/mol. The van der Waals surface area contributed by atoms with E-state index in [1.165, 1.54) is 12.3 Å². The molecule has 0 bridgehead atoms. The number of nitrogens with zero attached hydrogens (tertiary/aromatic N) is 1. The SMILES string of the molecule is O=C(CCNc1ncccc1C(F)(F)F)Nc1ccc(Br)cc1. The Kier molecular flexibility index (Phi) is 5.59. The third kappa shape index (κ3) is 5.24. The predicted molar refractivity (Wildman–Crippen MR) is 85.1 cm³/mol. The van der Waals surface area contributed by atoms with Gasteiger partial charge in [0.2, 0.25) is 5.91 Å². The highest BCUT2D eigenvalue weighted by molar-refractivity contribution is 9.10. The monoisotopic (exact) mass is 387 g/mol. The summed E-state index contributed by atoms with van der Waals surface area (Å²) < 4.78 is 39.3. The van der Waals surface area contributed by atoms with Crippen molar-refractivity contribution < 1.29 is 18.0 Å². The van der Waals surface area contributed by atoms with Crippen molar-refractivity contribution in [1.29, 1.82) is 0 Å². The zero-order valence-corrected chi connectivity index (χ0v) is 13.4. The van der Waals surface area contributed by atoms with E-state index in [-0.39, 0.29) is 24.7 Å². The Labute approximate surface area is 139 Å². The average molecular weight is 388 g/mol. The van der Waals surface area contributed by atoms with Gasteiger partial charge in [0, 0.05) is 29.3 Å². The number of hydrogen-bond donors (Lipinski definition) is 2. The van der Waals surface area contributed by atoms with E-state index in [1.807, 2.05) is 0 Å². The molecule has 0 fully saturated rings. The third-order valence-corrected chi connectivity index (χ3v) is 3.41. The molecule has 0 aliphatic carbocycles. The summed E-state index contributed by atoms with van der Waals surface area (Å²) in [4.78, 5) is 15.4. The molecule has 2 aromatic rings. The molecule has 0 unspecified atom stereocenters. The molecule has 1 heterocycles. The molecule has 0 saturated heterocycles. The summed E-state index contributed by atoms with van der Waals surface area (Å²) in [6, 6.07) is 9.14. The standard InChI is InChI=1S/C15H13BrF3N3O/c16-10-3-5-11(6-4-10)22-13(23)7-9-21-14-12(15(17,18)19)2-1-8-20-14/h1-6,8H,7,9H2,(H,20,21)(H,22,23). The quantitative estimate of drug-likeness (QED) is 0.803. The molecule has 0 aliphatic rings. The van der Waals surface area contributed by atoms with Gasteiger partial charge < -0.3 is 10.6 Å². The van der Waals surface area contributed by atoms with Crippen LogP contribution >= 0.6 is 15.9 Å². The van der Waals surface area contributed by atoms with Crippen LogP contribution in [0.1, 0.15) is 12.0 Å². The van der Waals surface area contributed by atoms with E-state index in [1.54, 1.807) is 24.3 Å². The van der Waals surface area contributed by atoms with Crippen molar-refractivity contribution >= 4 is 33.3 Å². The summed E-state index contributed by atoms with van der Waals surface area (Å²) in [5, 5.41) is 5.20. The fourth-order valence-corrected chi connectivity index (χ4v) is 2.09. The highest BCUT2D eigenvalue weighted by atomic mass is 79.9. The first-order valence-electron chi connectivity index (χ1n) is 6.68. The van der Waals surface area contributed by atoms with Gasteiger partial charge in [-0.2, -0.15) is 13.2 Å². The number of hydrogen-bond acceptors (Lipinski definition) is 3. The summed E-state index contributed by atoms with van der Waals surface area (Å²) in [6.07, 6.45) is -3.21. The minimum atomic E-state index is -4.49. The highest BCUT2D eigenvalue weighted by Crippen LogP contribution is 2.33. The topological polar surface area (TPSA) is 54.0 Å². The molecule has 2 rings (SSSR count). The van der Waals surface area contributed by atoms with Gasteiger partial charge in [0.1, 0.15) is 5.82 Å². The molecule has 8 heteroatoms. The lowest BCUT2D eigenvalue weighted by Gasteiger charge is -2.13. The van der Waals surface area contributed by atoms with Crippen molar-refractivity contribution in [1.82, 2.24) is 4.98 Å². The molecule has 0 spiro atoms. The van der Waals surface area contributed by atoms with Crippen LogP contribution in [0, 0.1) is 0 Å². The zero-order chi connectivity index (χ0) is 16.9. The van der Waals surface area contributed by atoms with Crippen molar-refractivity contribution in [3.05, 3.63) is 52.6 Å². The molecular formula is C15H13BrF3N3O. The van der Waals surface area contributed by atoms with Crippen LogP contribution in [-0.4, -0.2) is 17.4 Å². The van der Waals surface area contributed by atoms with E-state index < -0.39 is 11.7 Å². The summed E-state index contributed by atoms with van der Waals surface area (Å²) in [6.45, 7) is 0.0441. The summed E-state index contributed by atoms with van der Waals surface area (Å²) in [7, 11) is 0. The molecule has 0 aliphatic heterocycles. The Bertz CT molecular complexity index is 674. The fraction of sp³-hybridized carbons (Fsp3) is 0.200. The maximum Gasteiger partial charge on any atom is 0.419 e. The van der Waals surface area contributed by atoms with Crippen LogP contribution in [0.3, 0.4) is 0 Å². The Morgan fingerprint density at radius 1 is 1.17 bits per heavy atom. The second kappa shape index (κ2) is 7.45. The number of carbonyl (C=O) groups is 1. The van der Waals surface area contributed by atoms with Crippen molar-refractivity contribution in [2.45, 2.75) is 12.6 Å². The van der Waals surface area contributed by atoms with E-state index in [9.17, 15) is 18.0 Å². The number of alkyl halides is 3. The average Bonchev–Trinajstić information content (AvgIpc) is 2.49. The highest BCUT2D eigenvalue weighted by Gasteiger charge is 2.33. The molecule has 1 amide bonds. The molecule has 1 aromatic carbocycles. The summed E-state index contributed by atoms with van der Waals surface area (Å²) in [5.74, 6) is -0.583. The van der Waals surface area contributed by atoms with Crippen LogP contribution < -0.4 is 10.6 Å². The van der Waals surface area contributed by atoms with Gasteiger partial charge in [-0.05, 0) is 36.4 Å². The molecule has 4 nitrogen and oxygen atoms in total. The maximum atomic E-state index is 12.8. The van der Waals surface area contributed by atoms with Gasteiger partial charge in [0.15, 0.2) is 0 Å². The van der Waals surface area contributed by atoms with Crippen molar-refractivity contribution in [2.75, 3.05) is 17.2 Å². The molecule has 2 N–H and O–H groups in total. The normalized spacial score (nSPS) is 11.1.